The van der Waals surface area contributed by atoms with Gasteiger partial charge in [-0.25, -0.2) is 0 Å². The van der Waals surface area contributed by atoms with Crippen molar-refractivity contribution in [3.63, 3.8) is 0 Å². The maximum absolute atomic E-state index is 12.4. The molecule has 1 amide bonds. The van der Waals surface area contributed by atoms with Crippen molar-refractivity contribution in [2.45, 2.75) is 39.7 Å². The average molecular weight is 292 g/mol. The first-order chi connectivity index (χ1) is 9.75. The van der Waals surface area contributed by atoms with Crippen molar-refractivity contribution in [1.29, 1.82) is 0 Å². The van der Waals surface area contributed by atoms with Gasteiger partial charge in [0.15, 0.2) is 0 Å². The Labute approximate surface area is 125 Å². The number of hydrogen-bond donors (Lipinski definition) is 3. The smallest absolute Gasteiger partial charge is 0.305 e. The molecule has 0 aliphatic heterocycles. The molecule has 0 radical (unpaired) electrons. The van der Waals surface area contributed by atoms with Crippen molar-refractivity contribution in [3.05, 3.63) is 35.4 Å². The van der Waals surface area contributed by atoms with E-state index in [9.17, 15) is 9.59 Å². The van der Waals surface area contributed by atoms with E-state index in [0.29, 0.717) is 18.5 Å². The molecule has 1 aromatic rings. The van der Waals surface area contributed by atoms with Crippen molar-refractivity contribution < 1.29 is 14.7 Å². The van der Waals surface area contributed by atoms with E-state index in [-0.39, 0.29) is 17.7 Å². The van der Waals surface area contributed by atoms with Crippen LogP contribution in [0.5, 0.6) is 0 Å². The molecule has 0 aliphatic rings. The molecule has 1 aromatic carbocycles. The van der Waals surface area contributed by atoms with Gasteiger partial charge in [0.05, 0.1) is 6.42 Å². The van der Waals surface area contributed by atoms with E-state index < -0.39 is 12.0 Å². The number of benzene rings is 1. The van der Waals surface area contributed by atoms with E-state index in [0.717, 1.165) is 5.56 Å². The van der Waals surface area contributed by atoms with Crippen molar-refractivity contribution in [2.24, 2.45) is 11.1 Å². The molecule has 0 spiro atoms. The molecule has 0 saturated carbocycles. The molecule has 0 aromatic heterocycles. The molecule has 21 heavy (non-hydrogen) atoms. The molecule has 0 bridgehead atoms. The minimum Gasteiger partial charge on any atom is -0.481 e. The normalized spacial score (nSPS) is 12.8. The van der Waals surface area contributed by atoms with Gasteiger partial charge < -0.3 is 16.2 Å². The zero-order chi connectivity index (χ0) is 16.0. The Morgan fingerprint density at radius 2 is 1.90 bits per heavy atom. The number of aliphatic carboxylic acids is 1. The Bertz CT molecular complexity index is 506. The van der Waals surface area contributed by atoms with Crippen LogP contribution in [0.15, 0.2) is 24.3 Å². The summed E-state index contributed by atoms with van der Waals surface area (Å²) in [6.45, 7) is 6.19. The quantitative estimate of drug-likeness (QED) is 0.745. The number of nitrogens with one attached hydrogen (secondary N) is 1. The molecular weight excluding hydrogens is 268 g/mol. The Hall–Kier alpha value is -1.88. The summed E-state index contributed by atoms with van der Waals surface area (Å²) in [5.74, 6) is -1.18. The summed E-state index contributed by atoms with van der Waals surface area (Å²) in [7, 11) is 0. The molecule has 1 rings (SSSR count). The van der Waals surface area contributed by atoms with Gasteiger partial charge in [0.2, 0.25) is 0 Å². The van der Waals surface area contributed by atoms with Crippen molar-refractivity contribution in [2.75, 3.05) is 6.54 Å². The summed E-state index contributed by atoms with van der Waals surface area (Å²) >= 11 is 0. The topological polar surface area (TPSA) is 92.4 Å². The highest BCUT2D eigenvalue weighted by molar-refractivity contribution is 5.96. The molecule has 4 N–H and O–H groups in total. The third-order valence-electron chi connectivity index (χ3n) is 3.41. The Morgan fingerprint density at radius 1 is 1.29 bits per heavy atom. The van der Waals surface area contributed by atoms with E-state index >= 15 is 0 Å². The summed E-state index contributed by atoms with van der Waals surface area (Å²) in [5, 5.41) is 11.8. The molecule has 0 saturated heterocycles. The van der Waals surface area contributed by atoms with Crippen molar-refractivity contribution in [1.82, 2.24) is 5.32 Å². The Morgan fingerprint density at radius 3 is 2.43 bits per heavy atom. The van der Waals surface area contributed by atoms with E-state index in [1.54, 1.807) is 12.1 Å². The van der Waals surface area contributed by atoms with E-state index in [2.05, 4.69) is 5.32 Å². The van der Waals surface area contributed by atoms with Crippen LogP contribution in [0.3, 0.4) is 0 Å². The van der Waals surface area contributed by atoms with Crippen LogP contribution in [0.4, 0.5) is 0 Å². The summed E-state index contributed by atoms with van der Waals surface area (Å²) in [5.41, 5.74) is 6.65. The van der Waals surface area contributed by atoms with Crippen LogP contribution in [-0.4, -0.2) is 29.6 Å². The SMILES string of the molecule is CC(C)(C)C(CC(=O)O)NC(=O)c1ccccc1CCN. The highest BCUT2D eigenvalue weighted by Crippen LogP contribution is 2.22. The lowest BCUT2D eigenvalue weighted by Crippen LogP contribution is -2.45. The molecule has 0 fully saturated rings. The van der Waals surface area contributed by atoms with Crippen LogP contribution in [0.1, 0.15) is 43.1 Å². The van der Waals surface area contributed by atoms with Crippen LogP contribution in [0, 0.1) is 5.41 Å². The first-order valence-electron chi connectivity index (χ1n) is 7.06. The standard InChI is InChI=1S/C16H24N2O3/c1-16(2,3)13(10-14(19)20)18-15(21)12-7-5-4-6-11(12)8-9-17/h4-7,13H,8-10,17H2,1-3H3,(H,18,21)(H,19,20). The zero-order valence-electron chi connectivity index (χ0n) is 12.8. The molecule has 5 heteroatoms. The predicted octanol–water partition coefficient (Wildman–Crippen LogP) is 1.81. The van der Waals surface area contributed by atoms with Gasteiger partial charge in [-0.3, -0.25) is 9.59 Å². The number of carboxylic acids is 1. The third kappa shape index (κ3) is 5.19. The molecule has 0 aliphatic carbocycles. The number of carbonyl (C=O) groups is 2. The summed E-state index contributed by atoms with van der Waals surface area (Å²) in [4.78, 5) is 23.4. The second-order valence-electron chi connectivity index (χ2n) is 6.19. The van der Waals surface area contributed by atoms with Crippen LogP contribution in [0.2, 0.25) is 0 Å². The maximum atomic E-state index is 12.4. The first-order valence-corrected chi connectivity index (χ1v) is 7.06. The molecule has 0 heterocycles. The fraction of sp³-hybridized carbons (Fsp3) is 0.500. The number of hydrogen-bond acceptors (Lipinski definition) is 3. The third-order valence-corrected chi connectivity index (χ3v) is 3.41. The molecule has 116 valence electrons. The minimum atomic E-state index is -0.925. The lowest BCUT2D eigenvalue weighted by molar-refractivity contribution is -0.138. The van der Waals surface area contributed by atoms with Gasteiger partial charge in [-0.05, 0) is 30.0 Å². The number of rotatable bonds is 6. The molecule has 1 unspecified atom stereocenters. The monoisotopic (exact) mass is 292 g/mol. The zero-order valence-corrected chi connectivity index (χ0v) is 12.8. The van der Waals surface area contributed by atoms with Gasteiger partial charge in [-0.15, -0.1) is 0 Å². The largest absolute Gasteiger partial charge is 0.481 e. The minimum absolute atomic E-state index is 0.103. The molecule has 5 nitrogen and oxygen atoms in total. The van der Waals surface area contributed by atoms with Gasteiger partial charge in [0, 0.05) is 11.6 Å². The highest BCUT2D eigenvalue weighted by atomic mass is 16.4. The van der Waals surface area contributed by atoms with Crippen molar-refractivity contribution >= 4 is 11.9 Å². The fourth-order valence-corrected chi connectivity index (χ4v) is 2.10. The van der Waals surface area contributed by atoms with Crippen LogP contribution in [0.25, 0.3) is 0 Å². The summed E-state index contributed by atoms with van der Waals surface area (Å²) in [6, 6.07) is 6.82. The predicted molar refractivity (Wildman–Crippen MR) is 82.2 cm³/mol. The van der Waals surface area contributed by atoms with Gasteiger partial charge in [-0.1, -0.05) is 39.0 Å². The Balaban J connectivity index is 2.94. The van der Waals surface area contributed by atoms with Gasteiger partial charge in [-0.2, -0.15) is 0 Å². The van der Waals surface area contributed by atoms with Crippen LogP contribution in [-0.2, 0) is 11.2 Å². The van der Waals surface area contributed by atoms with Gasteiger partial charge in [0.25, 0.3) is 5.91 Å². The van der Waals surface area contributed by atoms with Crippen LogP contribution >= 0.6 is 0 Å². The molecular formula is C16H24N2O3. The lowest BCUT2D eigenvalue weighted by Gasteiger charge is -2.30. The van der Waals surface area contributed by atoms with Gasteiger partial charge >= 0.3 is 5.97 Å². The van der Waals surface area contributed by atoms with E-state index in [4.69, 9.17) is 10.8 Å². The van der Waals surface area contributed by atoms with E-state index in [1.807, 2.05) is 32.9 Å². The fourth-order valence-electron chi connectivity index (χ4n) is 2.10. The van der Waals surface area contributed by atoms with Crippen LogP contribution < -0.4 is 11.1 Å². The maximum Gasteiger partial charge on any atom is 0.305 e. The Kier molecular flexibility index (Phi) is 5.90. The number of carboxylic acid groups (broad SMARTS) is 1. The van der Waals surface area contributed by atoms with E-state index in [1.165, 1.54) is 0 Å². The molecule has 1 atom stereocenters. The summed E-state index contributed by atoms with van der Waals surface area (Å²) < 4.78 is 0. The average Bonchev–Trinajstić information content (AvgIpc) is 2.37. The second kappa shape index (κ2) is 7.22. The first kappa shape index (κ1) is 17.2. The highest BCUT2D eigenvalue weighted by Gasteiger charge is 2.29. The summed E-state index contributed by atoms with van der Waals surface area (Å²) in [6.07, 6.45) is 0.511. The van der Waals surface area contributed by atoms with Crippen molar-refractivity contribution in [3.8, 4) is 0 Å². The second-order valence-corrected chi connectivity index (χ2v) is 6.19. The number of nitrogens with two attached hydrogens (primary N) is 1. The lowest BCUT2D eigenvalue weighted by atomic mass is 9.84. The number of carbonyl (C=O) groups excluding carboxylic acids is 1. The number of amides is 1. The van der Waals surface area contributed by atoms with Gasteiger partial charge in [0.1, 0.15) is 0 Å².